The molecule has 2 unspecified atom stereocenters. The normalized spacial score (nSPS) is 31.2. The second-order valence-corrected chi connectivity index (χ2v) is 8.10. The molecule has 0 amide bonds. The number of fused-ring (bicyclic) bond motifs is 2. The van der Waals surface area contributed by atoms with E-state index < -0.39 is 5.60 Å². The summed E-state index contributed by atoms with van der Waals surface area (Å²) < 4.78 is 17.3. The SMILES string of the molecule is OC1(c2ccccc2C2OCCO2)CC2COCC(C1)N2Cc1ccccc1. The van der Waals surface area contributed by atoms with Gasteiger partial charge in [-0.25, -0.2) is 0 Å². The van der Waals surface area contributed by atoms with Gasteiger partial charge in [0.15, 0.2) is 6.29 Å². The van der Waals surface area contributed by atoms with Gasteiger partial charge in [0.05, 0.1) is 32.0 Å². The molecule has 0 aliphatic carbocycles. The van der Waals surface area contributed by atoms with Gasteiger partial charge < -0.3 is 19.3 Å². The zero-order valence-corrected chi connectivity index (χ0v) is 16.0. The van der Waals surface area contributed by atoms with Crippen molar-refractivity contribution in [2.75, 3.05) is 26.4 Å². The van der Waals surface area contributed by atoms with E-state index in [1.165, 1.54) is 5.56 Å². The standard InChI is InChI=1S/C23H27NO4/c25-23(21-9-5-4-8-20(21)22-27-10-11-28-22)12-18-15-26-16-19(13-23)24(18)14-17-6-2-1-3-7-17/h1-9,18-19,22,25H,10-16H2. The van der Waals surface area contributed by atoms with E-state index >= 15 is 0 Å². The van der Waals surface area contributed by atoms with Crippen LogP contribution in [-0.4, -0.2) is 48.5 Å². The van der Waals surface area contributed by atoms with E-state index in [1.54, 1.807) is 0 Å². The summed E-state index contributed by atoms with van der Waals surface area (Å²) in [5.74, 6) is 0. The Morgan fingerprint density at radius 3 is 2.25 bits per heavy atom. The van der Waals surface area contributed by atoms with Crippen molar-refractivity contribution in [2.24, 2.45) is 0 Å². The van der Waals surface area contributed by atoms with Crippen LogP contribution in [0, 0.1) is 0 Å². The molecule has 0 spiro atoms. The first kappa shape index (κ1) is 18.3. The Labute approximate surface area is 165 Å². The molecule has 2 bridgehead atoms. The summed E-state index contributed by atoms with van der Waals surface area (Å²) in [4.78, 5) is 2.51. The lowest BCUT2D eigenvalue weighted by Gasteiger charge is -2.52. The van der Waals surface area contributed by atoms with Crippen LogP contribution in [0.15, 0.2) is 54.6 Å². The Bertz CT molecular complexity index is 791. The van der Waals surface area contributed by atoms with Crippen LogP contribution < -0.4 is 0 Å². The average Bonchev–Trinajstić information content (AvgIpc) is 3.25. The summed E-state index contributed by atoms with van der Waals surface area (Å²) in [6, 6.07) is 19.0. The maximum Gasteiger partial charge on any atom is 0.184 e. The smallest absolute Gasteiger partial charge is 0.184 e. The van der Waals surface area contributed by atoms with Crippen LogP contribution in [0.4, 0.5) is 0 Å². The molecule has 3 aliphatic heterocycles. The van der Waals surface area contributed by atoms with Crippen molar-refractivity contribution in [3.63, 3.8) is 0 Å². The molecule has 1 N–H and O–H groups in total. The Morgan fingerprint density at radius 2 is 1.54 bits per heavy atom. The van der Waals surface area contributed by atoms with E-state index in [-0.39, 0.29) is 18.4 Å². The Hall–Kier alpha value is -1.76. The van der Waals surface area contributed by atoms with Crippen LogP contribution in [-0.2, 0) is 26.4 Å². The fourth-order valence-electron chi connectivity index (χ4n) is 4.98. The second kappa shape index (κ2) is 7.58. The summed E-state index contributed by atoms with van der Waals surface area (Å²) in [7, 11) is 0. The Morgan fingerprint density at radius 1 is 0.893 bits per heavy atom. The van der Waals surface area contributed by atoms with Gasteiger partial charge >= 0.3 is 0 Å². The highest BCUT2D eigenvalue weighted by Gasteiger charge is 2.48. The van der Waals surface area contributed by atoms with Crippen molar-refractivity contribution in [3.8, 4) is 0 Å². The topological polar surface area (TPSA) is 51.2 Å². The molecule has 5 heteroatoms. The van der Waals surface area contributed by atoms with Gasteiger partial charge in [-0.3, -0.25) is 4.90 Å². The maximum atomic E-state index is 11.8. The van der Waals surface area contributed by atoms with Crippen LogP contribution in [0.3, 0.4) is 0 Å². The number of piperidine rings is 1. The predicted molar refractivity (Wildman–Crippen MR) is 105 cm³/mol. The molecule has 0 radical (unpaired) electrons. The molecule has 2 aromatic carbocycles. The van der Waals surface area contributed by atoms with E-state index in [4.69, 9.17) is 14.2 Å². The van der Waals surface area contributed by atoms with Gasteiger partial charge in [0, 0.05) is 24.2 Å². The Kier molecular flexibility index (Phi) is 4.95. The summed E-state index contributed by atoms with van der Waals surface area (Å²) >= 11 is 0. The molecule has 5 rings (SSSR count). The van der Waals surface area contributed by atoms with E-state index in [1.807, 2.05) is 30.3 Å². The van der Waals surface area contributed by atoms with Gasteiger partial charge in [-0.05, 0) is 24.0 Å². The first-order chi connectivity index (χ1) is 13.7. The average molecular weight is 381 g/mol. The van der Waals surface area contributed by atoms with Crippen LogP contribution in [0.5, 0.6) is 0 Å². The zero-order valence-electron chi connectivity index (χ0n) is 16.0. The van der Waals surface area contributed by atoms with Crippen LogP contribution in [0.25, 0.3) is 0 Å². The van der Waals surface area contributed by atoms with E-state index in [2.05, 4.69) is 29.2 Å². The molecular weight excluding hydrogens is 354 g/mol. The maximum absolute atomic E-state index is 11.8. The number of aliphatic hydroxyl groups is 1. The molecule has 3 aliphatic rings. The van der Waals surface area contributed by atoms with Crippen LogP contribution in [0.2, 0.25) is 0 Å². The van der Waals surface area contributed by atoms with Crippen molar-refractivity contribution in [1.29, 1.82) is 0 Å². The van der Waals surface area contributed by atoms with Crippen LogP contribution in [0.1, 0.15) is 35.8 Å². The number of morpholine rings is 1. The lowest BCUT2D eigenvalue weighted by atomic mass is 9.75. The first-order valence-corrected chi connectivity index (χ1v) is 10.2. The van der Waals surface area contributed by atoms with Crippen molar-refractivity contribution in [2.45, 2.75) is 43.4 Å². The molecular formula is C23H27NO4. The van der Waals surface area contributed by atoms with Crippen LogP contribution >= 0.6 is 0 Å². The lowest BCUT2D eigenvalue weighted by Crippen LogP contribution is -2.60. The van der Waals surface area contributed by atoms with Crippen molar-refractivity contribution in [1.82, 2.24) is 4.90 Å². The molecule has 2 aromatic rings. The van der Waals surface area contributed by atoms with E-state index in [0.29, 0.717) is 39.3 Å². The van der Waals surface area contributed by atoms with Crippen molar-refractivity contribution < 1.29 is 19.3 Å². The minimum Gasteiger partial charge on any atom is -0.385 e. The number of rotatable bonds is 4. The molecule has 148 valence electrons. The van der Waals surface area contributed by atoms with Crippen molar-refractivity contribution >= 4 is 0 Å². The third-order valence-electron chi connectivity index (χ3n) is 6.25. The molecule has 0 aromatic heterocycles. The minimum atomic E-state index is -0.891. The quantitative estimate of drug-likeness (QED) is 0.882. The highest BCUT2D eigenvalue weighted by Crippen LogP contribution is 2.44. The number of hydrogen-bond donors (Lipinski definition) is 1. The number of benzene rings is 2. The van der Waals surface area contributed by atoms with Gasteiger partial charge in [0.1, 0.15) is 0 Å². The third-order valence-corrected chi connectivity index (χ3v) is 6.25. The second-order valence-electron chi connectivity index (χ2n) is 8.10. The first-order valence-electron chi connectivity index (χ1n) is 10.2. The summed E-state index contributed by atoms with van der Waals surface area (Å²) in [5.41, 5.74) is 2.31. The number of ether oxygens (including phenoxy) is 3. The summed E-state index contributed by atoms with van der Waals surface area (Å²) in [6.07, 6.45) is 0.929. The fraction of sp³-hybridized carbons (Fsp3) is 0.478. The molecule has 3 heterocycles. The highest BCUT2D eigenvalue weighted by atomic mass is 16.7. The van der Waals surface area contributed by atoms with Gasteiger partial charge in [-0.1, -0.05) is 54.6 Å². The predicted octanol–water partition coefficient (Wildman–Crippen LogP) is 2.98. The van der Waals surface area contributed by atoms with Gasteiger partial charge in [-0.15, -0.1) is 0 Å². The number of nitrogens with zero attached hydrogens (tertiary/aromatic N) is 1. The molecule has 5 nitrogen and oxygen atoms in total. The minimum absolute atomic E-state index is 0.191. The van der Waals surface area contributed by atoms with Gasteiger partial charge in [0.25, 0.3) is 0 Å². The third kappa shape index (κ3) is 3.38. The number of hydrogen-bond acceptors (Lipinski definition) is 5. The monoisotopic (exact) mass is 381 g/mol. The molecule has 28 heavy (non-hydrogen) atoms. The van der Waals surface area contributed by atoms with Gasteiger partial charge in [0.2, 0.25) is 0 Å². The van der Waals surface area contributed by atoms with Gasteiger partial charge in [-0.2, -0.15) is 0 Å². The zero-order chi connectivity index (χ0) is 19.0. The largest absolute Gasteiger partial charge is 0.385 e. The summed E-state index contributed by atoms with van der Waals surface area (Å²) in [5, 5.41) is 11.8. The molecule has 3 saturated heterocycles. The van der Waals surface area contributed by atoms with Crippen molar-refractivity contribution in [3.05, 3.63) is 71.3 Å². The molecule has 2 atom stereocenters. The summed E-state index contributed by atoms with van der Waals surface area (Å²) in [6.45, 7) is 3.41. The van der Waals surface area contributed by atoms with E-state index in [9.17, 15) is 5.11 Å². The van der Waals surface area contributed by atoms with E-state index in [0.717, 1.165) is 17.7 Å². The Balaban J connectivity index is 1.42. The molecule has 0 saturated carbocycles. The molecule has 3 fully saturated rings. The highest BCUT2D eigenvalue weighted by molar-refractivity contribution is 5.35. The fourth-order valence-corrected chi connectivity index (χ4v) is 4.98. The lowest BCUT2D eigenvalue weighted by molar-refractivity contribution is -0.151.